The van der Waals surface area contributed by atoms with Gasteiger partial charge >= 0.3 is 0 Å². The molecule has 0 radical (unpaired) electrons. The van der Waals surface area contributed by atoms with Crippen LogP contribution in [0.3, 0.4) is 0 Å². The first-order valence-corrected chi connectivity index (χ1v) is 5.21. The molecule has 1 atom stereocenters. The Morgan fingerprint density at radius 3 is 2.43 bits per heavy atom. The molecule has 0 aromatic heterocycles. The van der Waals surface area contributed by atoms with Gasteiger partial charge in [-0.2, -0.15) is 0 Å². The summed E-state index contributed by atoms with van der Waals surface area (Å²) in [5.74, 6) is 0. The van der Waals surface area contributed by atoms with Crippen molar-refractivity contribution in [1.82, 2.24) is 0 Å². The lowest BCUT2D eigenvalue weighted by atomic mass is 9.85. The van der Waals surface area contributed by atoms with Crippen molar-refractivity contribution in [3.8, 4) is 0 Å². The standard InChI is InChI=1S/C13H18O/c1-8-5-10-11(6-9(8)2)13(3,4)7-12(10)14/h5-6,12,14H,7H2,1-4H3/t12-/m0/s1. The molecule has 0 spiro atoms. The Morgan fingerprint density at radius 2 is 1.79 bits per heavy atom. The molecule has 0 bridgehead atoms. The van der Waals surface area contributed by atoms with Gasteiger partial charge in [0.1, 0.15) is 0 Å². The van der Waals surface area contributed by atoms with Gasteiger partial charge in [-0.1, -0.05) is 26.0 Å². The maximum Gasteiger partial charge on any atom is 0.0801 e. The van der Waals surface area contributed by atoms with Crippen LogP contribution < -0.4 is 0 Å². The van der Waals surface area contributed by atoms with E-state index >= 15 is 0 Å². The lowest BCUT2D eigenvalue weighted by Crippen LogP contribution is -2.12. The van der Waals surface area contributed by atoms with Gasteiger partial charge in [0.2, 0.25) is 0 Å². The quantitative estimate of drug-likeness (QED) is 0.666. The molecule has 0 saturated heterocycles. The summed E-state index contributed by atoms with van der Waals surface area (Å²) < 4.78 is 0. The molecule has 0 unspecified atom stereocenters. The number of hydrogen-bond acceptors (Lipinski definition) is 1. The molecule has 0 heterocycles. The van der Waals surface area contributed by atoms with E-state index in [0.717, 1.165) is 12.0 Å². The maximum atomic E-state index is 9.93. The van der Waals surface area contributed by atoms with Crippen LogP contribution in [0.1, 0.15) is 48.6 Å². The van der Waals surface area contributed by atoms with Gasteiger partial charge in [-0.05, 0) is 47.9 Å². The van der Waals surface area contributed by atoms with Gasteiger partial charge in [-0.3, -0.25) is 0 Å². The average molecular weight is 190 g/mol. The van der Waals surface area contributed by atoms with Crippen molar-refractivity contribution in [2.24, 2.45) is 0 Å². The van der Waals surface area contributed by atoms with Gasteiger partial charge in [0, 0.05) is 0 Å². The van der Waals surface area contributed by atoms with Gasteiger partial charge in [0.15, 0.2) is 0 Å². The van der Waals surface area contributed by atoms with Gasteiger partial charge in [-0.15, -0.1) is 0 Å². The van der Waals surface area contributed by atoms with Crippen LogP contribution in [0.25, 0.3) is 0 Å². The topological polar surface area (TPSA) is 20.2 Å². The Kier molecular flexibility index (Phi) is 1.97. The third-order valence-corrected chi connectivity index (χ3v) is 3.46. The van der Waals surface area contributed by atoms with E-state index in [1.165, 1.54) is 16.7 Å². The van der Waals surface area contributed by atoms with Crippen LogP contribution >= 0.6 is 0 Å². The fourth-order valence-electron chi connectivity index (χ4n) is 2.40. The Hall–Kier alpha value is -0.820. The maximum absolute atomic E-state index is 9.93. The van der Waals surface area contributed by atoms with E-state index in [1.807, 2.05) is 0 Å². The molecule has 1 N–H and O–H groups in total. The van der Waals surface area contributed by atoms with Gasteiger partial charge < -0.3 is 5.11 Å². The van der Waals surface area contributed by atoms with Crippen molar-refractivity contribution in [2.45, 2.75) is 45.6 Å². The summed E-state index contributed by atoms with van der Waals surface area (Å²) in [7, 11) is 0. The summed E-state index contributed by atoms with van der Waals surface area (Å²) in [6.45, 7) is 8.65. The zero-order chi connectivity index (χ0) is 10.5. The summed E-state index contributed by atoms with van der Waals surface area (Å²) in [6, 6.07) is 4.38. The molecule has 14 heavy (non-hydrogen) atoms. The molecule has 1 heteroatoms. The monoisotopic (exact) mass is 190 g/mol. The Balaban J connectivity index is 2.64. The van der Waals surface area contributed by atoms with Crippen molar-refractivity contribution in [3.63, 3.8) is 0 Å². The van der Waals surface area contributed by atoms with Crippen molar-refractivity contribution in [3.05, 3.63) is 34.4 Å². The number of aryl methyl sites for hydroxylation is 2. The number of aliphatic hydroxyl groups excluding tert-OH is 1. The van der Waals surface area contributed by atoms with Crippen molar-refractivity contribution in [2.75, 3.05) is 0 Å². The molecule has 76 valence electrons. The molecule has 2 rings (SSSR count). The van der Waals surface area contributed by atoms with E-state index in [2.05, 4.69) is 39.8 Å². The SMILES string of the molecule is Cc1cc2c(cc1C)C(C)(C)C[C@@H]2O. The summed E-state index contributed by atoms with van der Waals surface area (Å²) >= 11 is 0. The smallest absolute Gasteiger partial charge is 0.0801 e. The fourth-order valence-corrected chi connectivity index (χ4v) is 2.40. The fraction of sp³-hybridized carbons (Fsp3) is 0.538. The van der Waals surface area contributed by atoms with Crippen LogP contribution in [0.5, 0.6) is 0 Å². The summed E-state index contributed by atoms with van der Waals surface area (Å²) in [6.07, 6.45) is 0.588. The number of aliphatic hydroxyl groups is 1. The number of fused-ring (bicyclic) bond motifs is 1. The highest BCUT2D eigenvalue weighted by molar-refractivity contribution is 5.45. The molecule has 0 aliphatic heterocycles. The predicted octanol–water partition coefficient (Wildman–Crippen LogP) is 3.02. The van der Waals surface area contributed by atoms with Crippen LogP contribution in [0, 0.1) is 13.8 Å². The second-order valence-electron chi connectivity index (χ2n) is 5.13. The molecule has 1 nitrogen and oxygen atoms in total. The highest BCUT2D eigenvalue weighted by atomic mass is 16.3. The molecule has 1 aromatic carbocycles. The normalized spacial score (nSPS) is 23.6. The minimum atomic E-state index is -0.265. The van der Waals surface area contributed by atoms with Crippen molar-refractivity contribution < 1.29 is 5.11 Å². The van der Waals surface area contributed by atoms with Crippen molar-refractivity contribution in [1.29, 1.82) is 0 Å². The van der Waals surface area contributed by atoms with Gasteiger partial charge in [0.25, 0.3) is 0 Å². The van der Waals surface area contributed by atoms with E-state index in [9.17, 15) is 5.11 Å². The second kappa shape index (κ2) is 2.83. The third kappa shape index (κ3) is 1.27. The summed E-state index contributed by atoms with van der Waals surface area (Å²) in [4.78, 5) is 0. The van der Waals surface area contributed by atoms with Crippen LogP contribution in [0.15, 0.2) is 12.1 Å². The molecule has 1 aromatic rings. The zero-order valence-corrected chi connectivity index (χ0v) is 9.39. The molecule has 0 saturated carbocycles. The number of rotatable bonds is 0. The van der Waals surface area contributed by atoms with Crippen LogP contribution in [0.2, 0.25) is 0 Å². The largest absolute Gasteiger partial charge is 0.388 e. The minimum absolute atomic E-state index is 0.132. The van der Waals surface area contributed by atoms with E-state index in [0.29, 0.717) is 0 Å². The number of hydrogen-bond donors (Lipinski definition) is 1. The van der Waals surface area contributed by atoms with E-state index in [4.69, 9.17) is 0 Å². The Morgan fingerprint density at radius 1 is 1.21 bits per heavy atom. The molecule has 1 aliphatic rings. The van der Waals surface area contributed by atoms with E-state index in [-0.39, 0.29) is 11.5 Å². The summed E-state index contributed by atoms with van der Waals surface area (Å²) in [5.41, 5.74) is 5.20. The molecular weight excluding hydrogens is 172 g/mol. The van der Waals surface area contributed by atoms with Gasteiger partial charge in [-0.25, -0.2) is 0 Å². The predicted molar refractivity (Wildman–Crippen MR) is 58.5 cm³/mol. The van der Waals surface area contributed by atoms with Gasteiger partial charge in [0.05, 0.1) is 6.10 Å². The van der Waals surface area contributed by atoms with Crippen molar-refractivity contribution >= 4 is 0 Å². The first kappa shape index (κ1) is 9.72. The van der Waals surface area contributed by atoms with Crippen LogP contribution in [-0.2, 0) is 5.41 Å². The molecule has 0 fully saturated rings. The van der Waals surface area contributed by atoms with Crippen LogP contribution in [0.4, 0.5) is 0 Å². The Labute approximate surface area is 85.8 Å². The lowest BCUT2D eigenvalue weighted by Gasteiger charge is -2.19. The van der Waals surface area contributed by atoms with E-state index in [1.54, 1.807) is 0 Å². The number of benzene rings is 1. The third-order valence-electron chi connectivity index (χ3n) is 3.46. The highest BCUT2D eigenvalue weighted by Gasteiger charge is 2.35. The Bertz CT molecular complexity index is 377. The second-order valence-corrected chi connectivity index (χ2v) is 5.13. The first-order valence-electron chi connectivity index (χ1n) is 5.21. The van der Waals surface area contributed by atoms with Crippen LogP contribution in [-0.4, -0.2) is 5.11 Å². The molecule has 0 amide bonds. The average Bonchev–Trinajstić information content (AvgIpc) is 2.26. The van der Waals surface area contributed by atoms with E-state index < -0.39 is 0 Å². The zero-order valence-electron chi connectivity index (χ0n) is 9.39. The lowest BCUT2D eigenvalue weighted by molar-refractivity contribution is 0.161. The first-order chi connectivity index (χ1) is 6.42. The minimum Gasteiger partial charge on any atom is -0.388 e. The summed E-state index contributed by atoms with van der Waals surface area (Å²) in [5, 5.41) is 9.93. The molecular formula is C13H18O. The highest BCUT2D eigenvalue weighted by Crippen LogP contribution is 2.45. The molecule has 1 aliphatic carbocycles.